The average Bonchev–Trinajstić information content (AvgIpc) is 2.36. The maximum atomic E-state index is 10.3. The van der Waals surface area contributed by atoms with Gasteiger partial charge in [0.1, 0.15) is 6.29 Å². The second-order valence-corrected chi connectivity index (χ2v) is 4.93. The normalized spacial score (nSPS) is 10.3. The van der Waals surface area contributed by atoms with Crippen LogP contribution in [0.15, 0.2) is 42.5 Å². The highest BCUT2D eigenvalue weighted by molar-refractivity contribution is 6.35. The fourth-order valence-electron chi connectivity index (χ4n) is 1.81. The molecule has 92 valence electrons. The van der Waals surface area contributed by atoms with E-state index in [4.69, 9.17) is 23.2 Å². The fourth-order valence-corrected chi connectivity index (χ4v) is 2.34. The quantitative estimate of drug-likeness (QED) is 0.735. The molecule has 0 spiro atoms. The summed E-state index contributed by atoms with van der Waals surface area (Å²) in [5.41, 5.74) is 3.21. The maximum absolute atomic E-state index is 10.3. The number of rotatable bonds is 4. The van der Waals surface area contributed by atoms with Gasteiger partial charge in [0.05, 0.1) is 0 Å². The summed E-state index contributed by atoms with van der Waals surface area (Å²) in [5, 5.41) is 1.25. The van der Waals surface area contributed by atoms with Crippen LogP contribution in [0, 0.1) is 0 Å². The van der Waals surface area contributed by atoms with Crippen molar-refractivity contribution in [3.8, 4) is 11.1 Å². The molecule has 0 radical (unpaired) electrons. The Labute approximate surface area is 116 Å². The van der Waals surface area contributed by atoms with Crippen molar-refractivity contribution in [2.75, 3.05) is 0 Å². The molecule has 2 rings (SSSR count). The molecule has 1 nitrogen and oxygen atoms in total. The van der Waals surface area contributed by atoms with Gasteiger partial charge in [-0.1, -0.05) is 47.5 Å². The Bertz CT molecular complexity index is 527. The number of carbonyl (C=O) groups is 1. The van der Waals surface area contributed by atoms with E-state index in [0.29, 0.717) is 16.5 Å². The van der Waals surface area contributed by atoms with Crippen molar-refractivity contribution in [2.24, 2.45) is 0 Å². The van der Waals surface area contributed by atoms with Gasteiger partial charge in [-0.05, 0) is 41.3 Å². The molecule has 18 heavy (non-hydrogen) atoms. The van der Waals surface area contributed by atoms with Crippen molar-refractivity contribution >= 4 is 29.5 Å². The molecule has 0 aliphatic carbocycles. The molecule has 0 amide bonds. The van der Waals surface area contributed by atoms with Crippen LogP contribution in [-0.2, 0) is 11.2 Å². The van der Waals surface area contributed by atoms with Gasteiger partial charge in [0.25, 0.3) is 0 Å². The predicted octanol–water partition coefficient (Wildman–Crippen LogP) is 4.79. The number of aryl methyl sites for hydroxylation is 1. The molecule has 0 atom stereocenters. The first-order valence-corrected chi connectivity index (χ1v) is 6.43. The third kappa shape index (κ3) is 3.34. The Kier molecular flexibility index (Phi) is 4.40. The zero-order chi connectivity index (χ0) is 13.0. The molecule has 2 aromatic rings. The van der Waals surface area contributed by atoms with Crippen molar-refractivity contribution in [3.05, 3.63) is 58.1 Å². The van der Waals surface area contributed by atoms with E-state index in [1.54, 1.807) is 6.07 Å². The van der Waals surface area contributed by atoms with Crippen molar-refractivity contribution in [2.45, 2.75) is 12.8 Å². The lowest BCUT2D eigenvalue weighted by Crippen LogP contribution is -1.86. The van der Waals surface area contributed by atoms with Crippen LogP contribution in [0.2, 0.25) is 10.0 Å². The zero-order valence-corrected chi connectivity index (χ0v) is 11.2. The van der Waals surface area contributed by atoms with Gasteiger partial charge in [0, 0.05) is 16.5 Å². The fraction of sp³-hybridized carbons (Fsp3) is 0.133. The van der Waals surface area contributed by atoms with Crippen molar-refractivity contribution in [1.82, 2.24) is 0 Å². The van der Waals surface area contributed by atoms with E-state index >= 15 is 0 Å². The van der Waals surface area contributed by atoms with Gasteiger partial charge in [-0.3, -0.25) is 0 Å². The first kappa shape index (κ1) is 13.1. The summed E-state index contributed by atoms with van der Waals surface area (Å²) in [4.78, 5) is 10.3. The first-order chi connectivity index (χ1) is 8.69. The van der Waals surface area contributed by atoms with Crippen LogP contribution in [-0.4, -0.2) is 6.29 Å². The molecule has 2 aromatic carbocycles. The summed E-state index contributed by atoms with van der Waals surface area (Å²) < 4.78 is 0. The number of carbonyl (C=O) groups excluding carboxylic acids is 1. The van der Waals surface area contributed by atoms with E-state index in [-0.39, 0.29) is 0 Å². The van der Waals surface area contributed by atoms with Crippen molar-refractivity contribution < 1.29 is 4.79 Å². The van der Waals surface area contributed by atoms with Crippen LogP contribution in [0.25, 0.3) is 11.1 Å². The number of hydrogen-bond acceptors (Lipinski definition) is 1. The van der Waals surface area contributed by atoms with E-state index in [2.05, 4.69) is 0 Å². The minimum absolute atomic E-state index is 0.558. The molecule has 0 saturated carbocycles. The van der Waals surface area contributed by atoms with E-state index in [1.807, 2.05) is 36.4 Å². The monoisotopic (exact) mass is 278 g/mol. The number of hydrogen-bond donors (Lipinski definition) is 0. The Morgan fingerprint density at radius 3 is 2.06 bits per heavy atom. The van der Waals surface area contributed by atoms with Crippen molar-refractivity contribution in [3.63, 3.8) is 0 Å². The summed E-state index contributed by atoms with van der Waals surface area (Å²) in [6.45, 7) is 0. The third-order valence-electron chi connectivity index (χ3n) is 2.70. The first-order valence-electron chi connectivity index (χ1n) is 5.68. The highest BCUT2D eigenvalue weighted by Crippen LogP contribution is 2.27. The van der Waals surface area contributed by atoms with Crippen LogP contribution in [0.1, 0.15) is 12.0 Å². The van der Waals surface area contributed by atoms with Gasteiger partial charge in [-0.25, -0.2) is 0 Å². The second kappa shape index (κ2) is 6.03. The number of halogens is 2. The summed E-state index contributed by atoms with van der Waals surface area (Å²) in [5.74, 6) is 0. The topological polar surface area (TPSA) is 17.1 Å². The van der Waals surface area contributed by atoms with E-state index < -0.39 is 0 Å². The lowest BCUT2D eigenvalue weighted by atomic mass is 10.0. The SMILES string of the molecule is O=CCCc1ccc(-c2cc(Cl)cc(Cl)c2)cc1. The molecule has 0 N–H and O–H groups in total. The second-order valence-electron chi connectivity index (χ2n) is 4.06. The van der Waals surface area contributed by atoms with Gasteiger partial charge in [-0.15, -0.1) is 0 Å². The Morgan fingerprint density at radius 1 is 0.889 bits per heavy atom. The standard InChI is InChI=1S/C15H12Cl2O/c16-14-8-13(9-15(17)10-14)12-5-3-11(4-6-12)2-1-7-18/h3-10H,1-2H2. The van der Waals surface area contributed by atoms with Gasteiger partial charge in [0.15, 0.2) is 0 Å². The average molecular weight is 279 g/mol. The molecule has 0 aromatic heterocycles. The molecular weight excluding hydrogens is 267 g/mol. The van der Waals surface area contributed by atoms with E-state index in [9.17, 15) is 4.79 Å². The zero-order valence-electron chi connectivity index (χ0n) is 9.70. The predicted molar refractivity (Wildman–Crippen MR) is 76.3 cm³/mol. The summed E-state index contributed by atoms with van der Waals surface area (Å²) >= 11 is 12.0. The van der Waals surface area contributed by atoms with Gasteiger partial charge >= 0.3 is 0 Å². The molecule has 0 unspecified atom stereocenters. The van der Waals surface area contributed by atoms with Gasteiger partial charge in [-0.2, -0.15) is 0 Å². The highest BCUT2D eigenvalue weighted by Gasteiger charge is 2.01. The molecule has 0 bridgehead atoms. The van der Waals surface area contributed by atoms with Gasteiger partial charge < -0.3 is 4.79 Å². The Balaban J connectivity index is 2.25. The lowest BCUT2D eigenvalue weighted by Gasteiger charge is -2.05. The molecule has 0 heterocycles. The molecule has 0 fully saturated rings. The smallest absolute Gasteiger partial charge is 0.120 e. The van der Waals surface area contributed by atoms with Crippen LogP contribution in [0.4, 0.5) is 0 Å². The maximum Gasteiger partial charge on any atom is 0.120 e. The molecule has 0 saturated heterocycles. The third-order valence-corrected chi connectivity index (χ3v) is 3.14. The molecule has 0 aliphatic heterocycles. The number of aldehydes is 1. The summed E-state index contributed by atoms with van der Waals surface area (Å²) in [7, 11) is 0. The Hall–Kier alpha value is -1.31. The summed E-state index contributed by atoms with van der Waals surface area (Å²) in [6.07, 6.45) is 2.27. The minimum atomic E-state index is 0.558. The molecular formula is C15H12Cl2O. The van der Waals surface area contributed by atoms with Crippen LogP contribution >= 0.6 is 23.2 Å². The minimum Gasteiger partial charge on any atom is -0.303 e. The summed E-state index contributed by atoms with van der Waals surface area (Å²) in [6, 6.07) is 13.6. The lowest BCUT2D eigenvalue weighted by molar-refractivity contribution is -0.107. The van der Waals surface area contributed by atoms with E-state index in [0.717, 1.165) is 29.4 Å². The van der Waals surface area contributed by atoms with Crippen molar-refractivity contribution in [1.29, 1.82) is 0 Å². The largest absolute Gasteiger partial charge is 0.303 e. The highest BCUT2D eigenvalue weighted by atomic mass is 35.5. The van der Waals surface area contributed by atoms with E-state index in [1.165, 1.54) is 0 Å². The molecule has 3 heteroatoms. The Morgan fingerprint density at radius 2 is 1.50 bits per heavy atom. The van der Waals surface area contributed by atoms with Crippen LogP contribution in [0.5, 0.6) is 0 Å². The van der Waals surface area contributed by atoms with Crippen LogP contribution in [0.3, 0.4) is 0 Å². The van der Waals surface area contributed by atoms with Gasteiger partial charge in [0.2, 0.25) is 0 Å². The van der Waals surface area contributed by atoms with Crippen LogP contribution < -0.4 is 0 Å². The molecule has 0 aliphatic rings. The number of benzene rings is 2.